The molecule has 0 saturated carbocycles. The van der Waals surface area contributed by atoms with Gasteiger partial charge in [0.15, 0.2) is 11.5 Å². The van der Waals surface area contributed by atoms with Crippen LogP contribution in [-0.4, -0.2) is 35.9 Å². The molecule has 0 aliphatic carbocycles. The summed E-state index contributed by atoms with van der Waals surface area (Å²) in [6, 6.07) is 5.57. The number of imide groups is 1. The summed E-state index contributed by atoms with van der Waals surface area (Å²) < 4.78 is 10.5. The number of hydrogen-bond donors (Lipinski definition) is 0. The van der Waals surface area contributed by atoms with E-state index >= 15 is 0 Å². The van der Waals surface area contributed by atoms with Crippen LogP contribution in [0.2, 0.25) is 0 Å². The van der Waals surface area contributed by atoms with Crippen LogP contribution >= 0.6 is 11.3 Å². The van der Waals surface area contributed by atoms with E-state index in [1.807, 2.05) is 23.6 Å². The standard InChI is InChI=1S/C16H16N2O4S/c1-21-12-4-3-10(7-13(12)22-2)11-9-23-14(17-11)8-18-15(19)5-6-16(18)20/h3-4,7,9H,5-6,8H2,1-2H3. The van der Waals surface area contributed by atoms with Crippen LogP contribution in [-0.2, 0) is 16.1 Å². The van der Waals surface area contributed by atoms with Crippen molar-refractivity contribution in [3.05, 3.63) is 28.6 Å². The van der Waals surface area contributed by atoms with Gasteiger partial charge in [-0.15, -0.1) is 11.3 Å². The monoisotopic (exact) mass is 332 g/mol. The second-order valence-corrected chi connectivity index (χ2v) is 6.01. The molecule has 3 rings (SSSR count). The summed E-state index contributed by atoms with van der Waals surface area (Å²) in [5, 5.41) is 2.64. The molecule has 2 aromatic rings. The quantitative estimate of drug-likeness (QED) is 0.787. The first-order chi connectivity index (χ1) is 11.1. The van der Waals surface area contributed by atoms with Gasteiger partial charge in [-0.05, 0) is 18.2 Å². The van der Waals surface area contributed by atoms with Gasteiger partial charge in [-0.3, -0.25) is 14.5 Å². The third-order valence-corrected chi connectivity index (χ3v) is 4.51. The van der Waals surface area contributed by atoms with Gasteiger partial charge in [0.2, 0.25) is 11.8 Å². The van der Waals surface area contributed by atoms with Gasteiger partial charge in [-0.2, -0.15) is 0 Å². The topological polar surface area (TPSA) is 68.7 Å². The molecular weight excluding hydrogens is 316 g/mol. The Labute approximate surface area is 137 Å². The minimum absolute atomic E-state index is 0.127. The van der Waals surface area contributed by atoms with Gasteiger partial charge in [-0.1, -0.05) is 0 Å². The highest BCUT2D eigenvalue weighted by Gasteiger charge is 2.29. The molecule has 120 valence electrons. The summed E-state index contributed by atoms with van der Waals surface area (Å²) in [5.41, 5.74) is 1.68. The van der Waals surface area contributed by atoms with Crippen molar-refractivity contribution < 1.29 is 19.1 Å². The first-order valence-electron chi connectivity index (χ1n) is 7.12. The Morgan fingerprint density at radius 3 is 2.48 bits per heavy atom. The number of nitrogens with zero attached hydrogens (tertiary/aromatic N) is 2. The Balaban J connectivity index is 1.82. The maximum absolute atomic E-state index is 11.7. The van der Waals surface area contributed by atoms with Gasteiger partial charge < -0.3 is 9.47 Å². The number of amides is 2. The molecule has 1 saturated heterocycles. The second kappa shape index (κ2) is 6.37. The maximum Gasteiger partial charge on any atom is 0.230 e. The lowest BCUT2D eigenvalue weighted by Gasteiger charge is -2.11. The fourth-order valence-electron chi connectivity index (χ4n) is 2.45. The van der Waals surface area contributed by atoms with Crippen LogP contribution in [0.25, 0.3) is 11.3 Å². The first-order valence-corrected chi connectivity index (χ1v) is 8.00. The molecule has 1 aliphatic heterocycles. The highest BCUT2D eigenvalue weighted by molar-refractivity contribution is 7.09. The van der Waals surface area contributed by atoms with Gasteiger partial charge in [0, 0.05) is 23.8 Å². The number of carbonyl (C=O) groups excluding carboxylic acids is 2. The molecule has 23 heavy (non-hydrogen) atoms. The first kappa shape index (κ1) is 15.5. The van der Waals surface area contributed by atoms with E-state index in [1.54, 1.807) is 14.2 Å². The number of benzene rings is 1. The SMILES string of the molecule is COc1ccc(-c2csc(CN3C(=O)CCC3=O)n2)cc1OC. The molecule has 6 nitrogen and oxygen atoms in total. The fraction of sp³-hybridized carbons (Fsp3) is 0.312. The van der Waals surface area contributed by atoms with E-state index in [1.165, 1.54) is 16.2 Å². The Bertz CT molecular complexity index is 740. The van der Waals surface area contributed by atoms with Gasteiger partial charge in [0.25, 0.3) is 0 Å². The molecule has 1 aromatic heterocycles. The Kier molecular flexibility index (Phi) is 4.29. The van der Waals surface area contributed by atoms with Crippen molar-refractivity contribution in [1.29, 1.82) is 0 Å². The highest BCUT2D eigenvalue weighted by Crippen LogP contribution is 2.33. The Hall–Kier alpha value is -2.41. The van der Waals surface area contributed by atoms with E-state index in [9.17, 15) is 9.59 Å². The zero-order chi connectivity index (χ0) is 16.4. The van der Waals surface area contributed by atoms with Crippen LogP contribution in [0.1, 0.15) is 17.8 Å². The van der Waals surface area contributed by atoms with Crippen LogP contribution < -0.4 is 9.47 Å². The highest BCUT2D eigenvalue weighted by atomic mass is 32.1. The van der Waals surface area contributed by atoms with Crippen LogP contribution in [0.5, 0.6) is 11.5 Å². The average Bonchev–Trinajstić information content (AvgIpc) is 3.16. The third-order valence-electron chi connectivity index (χ3n) is 3.68. The van der Waals surface area contributed by atoms with Crippen molar-refractivity contribution in [3.63, 3.8) is 0 Å². The number of hydrogen-bond acceptors (Lipinski definition) is 6. The molecule has 0 N–H and O–H groups in total. The summed E-state index contributed by atoms with van der Waals surface area (Å²) >= 11 is 1.43. The van der Waals surface area contributed by atoms with Crippen LogP contribution in [0, 0.1) is 0 Å². The molecule has 1 fully saturated rings. The van der Waals surface area contributed by atoms with E-state index < -0.39 is 0 Å². The normalized spacial score (nSPS) is 14.4. The van der Waals surface area contributed by atoms with E-state index in [2.05, 4.69) is 4.98 Å². The minimum atomic E-state index is -0.127. The fourth-order valence-corrected chi connectivity index (χ4v) is 3.24. The summed E-state index contributed by atoms with van der Waals surface area (Å²) in [7, 11) is 3.17. The average molecular weight is 332 g/mol. The van der Waals surface area contributed by atoms with Crippen molar-refractivity contribution in [1.82, 2.24) is 9.88 Å². The van der Waals surface area contributed by atoms with Gasteiger partial charge in [-0.25, -0.2) is 4.98 Å². The number of aromatic nitrogens is 1. The van der Waals surface area contributed by atoms with Crippen LogP contribution in [0.15, 0.2) is 23.6 Å². The van der Waals surface area contributed by atoms with Crippen LogP contribution in [0.4, 0.5) is 0 Å². The molecule has 2 heterocycles. The lowest BCUT2D eigenvalue weighted by atomic mass is 10.1. The van der Waals surface area contributed by atoms with Gasteiger partial charge >= 0.3 is 0 Å². The molecule has 2 amide bonds. The zero-order valence-corrected chi connectivity index (χ0v) is 13.7. The molecule has 0 spiro atoms. The zero-order valence-electron chi connectivity index (χ0n) is 12.9. The predicted octanol–water partition coefficient (Wildman–Crippen LogP) is 2.48. The van der Waals surface area contributed by atoms with Crippen molar-refractivity contribution >= 4 is 23.2 Å². The lowest BCUT2D eigenvalue weighted by molar-refractivity contribution is -0.139. The van der Waals surface area contributed by atoms with Gasteiger partial charge in [0.1, 0.15) is 5.01 Å². The molecule has 7 heteroatoms. The third kappa shape index (κ3) is 3.05. The van der Waals surface area contributed by atoms with E-state index in [0.717, 1.165) is 16.3 Å². The smallest absolute Gasteiger partial charge is 0.230 e. The second-order valence-electron chi connectivity index (χ2n) is 5.07. The van der Waals surface area contributed by atoms with E-state index in [4.69, 9.17) is 9.47 Å². The molecule has 1 aromatic carbocycles. The van der Waals surface area contributed by atoms with E-state index in [0.29, 0.717) is 24.3 Å². The number of ether oxygens (including phenoxy) is 2. The molecule has 0 radical (unpaired) electrons. The molecule has 1 aliphatic rings. The predicted molar refractivity (Wildman–Crippen MR) is 85.4 cm³/mol. The van der Waals surface area contributed by atoms with E-state index in [-0.39, 0.29) is 18.4 Å². The number of methoxy groups -OCH3 is 2. The summed E-state index contributed by atoms with van der Waals surface area (Å²) in [6.07, 6.45) is 0.597. The van der Waals surface area contributed by atoms with Crippen molar-refractivity contribution in [2.24, 2.45) is 0 Å². The number of rotatable bonds is 5. The number of thiazole rings is 1. The molecule has 0 bridgehead atoms. The summed E-state index contributed by atoms with van der Waals surface area (Å²) in [5.74, 6) is 1.03. The number of likely N-dealkylation sites (tertiary alicyclic amines) is 1. The molecular formula is C16H16N2O4S. The van der Waals surface area contributed by atoms with Crippen molar-refractivity contribution in [3.8, 4) is 22.8 Å². The van der Waals surface area contributed by atoms with Crippen LogP contribution in [0.3, 0.4) is 0 Å². The van der Waals surface area contributed by atoms with Crippen molar-refractivity contribution in [2.45, 2.75) is 19.4 Å². The Morgan fingerprint density at radius 2 is 1.83 bits per heavy atom. The maximum atomic E-state index is 11.7. The van der Waals surface area contributed by atoms with Crippen molar-refractivity contribution in [2.75, 3.05) is 14.2 Å². The summed E-state index contributed by atoms with van der Waals surface area (Å²) in [4.78, 5) is 29.1. The largest absolute Gasteiger partial charge is 0.493 e. The Morgan fingerprint density at radius 1 is 1.13 bits per heavy atom. The lowest BCUT2D eigenvalue weighted by Crippen LogP contribution is -2.28. The molecule has 0 atom stereocenters. The van der Waals surface area contributed by atoms with Gasteiger partial charge in [0.05, 0.1) is 26.5 Å². The minimum Gasteiger partial charge on any atom is -0.493 e. The number of carbonyl (C=O) groups is 2. The molecule has 0 unspecified atom stereocenters. The summed E-state index contributed by atoms with van der Waals surface area (Å²) in [6.45, 7) is 0.246.